The molecule has 0 radical (unpaired) electrons. The summed E-state index contributed by atoms with van der Waals surface area (Å²) in [6, 6.07) is 8.03. The van der Waals surface area contributed by atoms with Gasteiger partial charge in [0.15, 0.2) is 0 Å². The van der Waals surface area contributed by atoms with Crippen LogP contribution in [-0.4, -0.2) is 23.9 Å². The summed E-state index contributed by atoms with van der Waals surface area (Å²) in [7, 11) is 0. The van der Waals surface area contributed by atoms with Crippen LogP contribution < -0.4 is 5.73 Å². The fraction of sp³-hybridized carbons (Fsp3) is 0.588. The van der Waals surface area contributed by atoms with Crippen molar-refractivity contribution in [2.75, 3.05) is 13.1 Å². The molecule has 0 atom stereocenters. The minimum atomic E-state index is 0.243. The predicted octanol–water partition coefficient (Wildman–Crippen LogP) is 3.12. The average Bonchev–Trinajstić information content (AvgIpc) is 2.48. The topological polar surface area (TPSA) is 46.3 Å². The summed E-state index contributed by atoms with van der Waals surface area (Å²) in [5.41, 5.74) is 7.76. The van der Waals surface area contributed by atoms with Crippen LogP contribution in [0.2, 0.25) is 0 Å². The highest BCUT2D eigenvalue weighted by Crippen LogP contribution is 2.08. The van der Waals surface area contributed by atoms with E-state index in [0.29, 0.717) is 13.0 Å². The van der Waals surface area contributed by atoms with Crippen molar-refractivity contribution >= 4 is 5.91 Å². The Kier molecular flexibility index (Phi) is 7.97. The van der Waals surface area contributed by atoms with Gasteiger partial charge in [-0.05, 0) is 24.0 Å². The van der Waals surface area contributed by atoms with Crippen molar-refractivity contribution in [2.24, 2.45) is 5.73 Å². The van der Waals surface area contributed by atoms with Gasteiger partial charge in [-0.15, -0.1) is 0 Å². The number of nitrogens with zero attached hydrogens (tertiary/aromatic N) is 1. The number of hydrogen-bond donors (Lipinski definition) is 1. The Labute approximate surface area is 123 Å². The van der Waals surface area contributed by atoms with E-state index in [9.17, 15) is 4.79 Å². The third kappa shape index (κ3) is 5.74. The molecule has 112 valence electrons. The van der Waals surface area contributed by atoms with Gasteiger partial charge in [0.2, 0.25) is 5.91 Å². The van der Waals surface area contributed by atoms with E-state index < -0.39 is 0 Å². The SMILES string of the molecule is CCCCN(CCCC)C(=O)Cc1ccc(CN)cc1. The lowest BCUT2D eigenvalue weighted by molar-refractivity contribution is -0.130. The molecule has 0 heterocycles. The molecule has 1 rings (SSSR count). The van der Waals surface area contributed by atoms with Gasteiger partial charge < -0.3 is 10.6 Å². The molecule has 0 fully saturated rings. The first-order valence-corrected chi connectivity index (χ1v) is 7.76. The Balaban J connectivity index is 2.58. The molecule has 1 aromatic rings. The molecule has 1 amide bonds. The van der Waals surface area contributed by atoms with E-state index in [0.717, 1.165) is 49.9 Å². The van der Waals surface area contributed by atoms with Crippen molar-refractivity contribution in [3.63, 3.8) is 0 Å². The maximum atomic E-state index is 12.4. The summed E-state index contributed by atoms with van der Waals surface area (Å²) in [6.07, 6.45) is 4.92. The van der Waals surface area contributed by atoms with Crippen molar-refractivity contribution in [3.05, 3.63) is 35.4 Å². The van der Waals surface area contributed by atoms with Gasteiger partial charge in [0.05, 0.1) is 6.42 Å². The zero-order valence-electron chi connectivity index (χ0n) is 12.9. The standard InChI is InChI=1S/C17H28N2O/c1-3-5-11-19(12-6-4-2)17(20)13-15-7-9-16(14-18)10-8-15/h7-10H,3-6,11-14,18H2,1-2H3. The zero-order valence-corrected chi connectivity index (χ0v) is 12.9. The minimum Gasteiger partial charge on any atom is -0.342 e. The van der Waals surface area contributed by atoms with E-state index in [1.54, 1.807) is 0 Å². The molecule has 0 aliphatic carbocycles. The summed E-state index contributed by atoms with van der Waals surface area (Å²) < 4.78 is 0. The largest absolute Gasteiger partial charge is 0.342 e. The summed E-state index contributed by atoms with van der Waals surface area (Å²) in [6.45, 7) is 6.64. The van der Waals surface area contributed by atoms with Crippen LogP contribution in [0.3, 0.4) is 0 Å². The Morgan fingerprint density at radius 3 is 1.95 bits per heavy atom. The Morgan fingerprint density at radius 1 is 1.00 bits per heavy atom. The lowest BCUT2D eigenvalue weighted by Crippen LogP contribution is -2.34. The van der Waals surface area contributed by atoms with E-state index in [2.05, 4.69) is 13.8 Å². The molecular weight excluding hydrogens is 248 g/mol. The second kappa shape index (κ2) is 9.54. The molecule has 0 saturated carbocycles. The lowest BCUT2D eigenvalue weighted by atomic mass is 10.1. The second-order valence-electron chi connectivity index (χ2n) is 5.29. The summed E-state index contributed by atoms with van der Waals surface area (Å²) in [5, 5.41) is 0. The van der Waals surface area contributed by atoms with E-state index in [-0.39, 0.29) is 5.91 Å². The smallest absolute Gasteiger partial charge is 0.226 e. The zero-order chi connectivity index (χ0) is 14.8. The number of benzene rings is 1. The Bertz CT molecular complexity index is 378. The van der Waals surface area contributed by atoms with Gasteiger partial charge in [0.1, 0.15) is 0 Å². The summed E-state index contributed by atoms with van der Waals surface area (Å²) in [4.78, 5) is 14.4. The molecule has 3 heteroatoms. The van der Waals surface area contributed by atoms with Crippen molar-refractivity contribution in [1.29, 1.82) is 0 Å². The van der Waals surface area contributed by atoms with Crippen LogP contribution in [0.5, 0.6) is 0 Å². The quantitative estimate of drug-likeness (QED) is 0.753. The van der Waals surface area contributed by atoms with E-state index in [4.69, 9.17) is 5.73 Å². The number of carbonyl (C=O) groups is 1. The first kappa shape index (κ1) is 16.7. The summed E-state index contributed by atoms with van der Waals surface area (Å²) in [5.74, 6) is 0.243. The number of unbranched alkanes of at least 4 members (excludes halogenated alkanes) is 2. The number of carbonyl (C=O) groups excluding carboxylic acids is 1. The van der Waals surface area contributed by atoms with Crippen LogP contribution in [-0.2, 0) is 17.8 Å². The first-order valence-electron chi connectivity index (χ1n) is 7.76. The molecule has 0 bridgehead atoms. The molecule has 1 aromatic carbocycles. The highest BCUT2D eigenvalue weighted by Gasteiger charge is 2.12. The number of rotatable bonds is 9. The highest BCUT2D eigenvalue weighted by atomic mass is 16.2. The van der Waals surface area contributed by atoms with Crippen LogP contribution >= 0.6 is 0 Å². The van der Waals surface area contributed by atoms with Gasteiger partial charge in [-0.3, -0.25) is 4.79 Å². The molecule has 0 aliphatic rings. The Hall–Kier alpha value is -1.35. The van der Waals surface area contributed by atoms with Crippen molar-refractivity contribution in [2.45, 2.75) is 52.5 Å². The van der Waals surface area contributed by atoms with Gasteiger partial charge in [-0.25, -0.2) is 0 Å². The van der Waals surface area contributed by atoms with Crippen LogP contribution in [0, 0.1) is 0 Å². The average molecular weight is 276 g/mol. The van der Waals surface area contributed by atoms with Crippen molar-refractivity contribution in [3.8, 4) is 0 Å². The number of nitrogens with two attached hydrogens (primary N) is 1. The maximum absolute atomic E-state index is 12.4. The van der Waals surface area contributed by atoms with E-state index in [1.165, 1.54) is 0 Å². The first-order chi connectivity index (χ1) is 9.71. The molecule has 2 N–H and O–H groups in total. The molecular formula is C17H28N2O. The second-order valence-corrected chi connectivity index (χ2v) is 5.29. The van der Waals surface area contributed by atoms with E-state index >= 15 is 0 Å². The third-order valence-corrected chi connectivity index (χ3v) is 3.53. The fourth-order valence-electron chi connectivity index (χ4n) is 2.14. The van der Waals surface area contributed by atoms with Crippen LogP contribution in [0.1, 0.15) is 50.7 Å². The maximum Gasteiger partial charge on any atom is 0.226 e. The van der Waals surface area contributed by atoms with Gasteiger partial charge in [0, 0.05) is 19.6 Å². The molecule has 3 nitrogen and oxygen atoms in total. The third-order valence-electron chi connectivity index (χ3n) is 3.53. The van der Waals surface area contributed by atoms with Crippen molar-refractivity contribution < 1.29 is 4.79 Å². The van der Waals surface area contributed by atoms with Gasteiger partial charge in [0.25, 0.3) is 0 Å². The van der Waals surface area contributed by atoms with E-state index in [1.807, 2.05) is 29.2 Å². The van der Waals surface area contributed by atoms with Gasteiger partial charge >= 0.3 is 0 Å². The molecule has 0 unspecified atom stereocenters. The predicted molar refractivity (Wildman–Crippen MR) is 84.4 cm³/mol. The summed E-state index contributed by atoms with van der Waals surface area (Å²) >= 11 is 0. The van der Waals surface area contributed by atoms with Crippen LogP contribution in [0.25, 0.3) is 0 Å². The van der Waals surface area contributed by atoms with Gasteiger partial charge in [-0.2, -0.15) is 0 Å². The van der Waals surface area contributed by atoms with Crippen molar-refractivity contribution in [1.82, 2.24) is 4.90 Å². The number of amides is 1. The van der Waals surface area contributed by atoms with Gasteiger partial charge in [-0.1, -0.05) is 51.0 Å². The monoisotopic (exact) mass is 276 g/mol. The molecule has 0 aliphatic heterocycles. The lowest BCUT2D eigenvalue weighted by Gasteiger charge is -2.22. The Morgan fingerprint density at radius 2 is 1.50 bits per heavy atom. The minimum absolute atomic E-state index is 0.243. The van der Waals surface area contributed by atoms with Crippen LogP contribution in [0.4, 0.5) is 0 Å². The molecule has 0 aromatic heterocycles. The van der Waals surface area contributed by atoms with Crippen LogP contribution in [0.15, 0.2) is 24.3 Å². The fourth-order valence-corrected chi connectivity index (χ4v) is 2.14. The molecule has 20 heavy (non-hydrogen) atoms. The molecule has 0 spiro atoms. The highest BCUT2D eigenvalue weighted by molar-refractivity contribution is 5.78. The number of hydrogen-bond acceptors (Lipinski definition) is 2. The molecule has 0 saturated heterocycles. The normalized spacial score (nSPS) is 10.6.